The summed E-state index contributed by atoms with van der Waals surface area (Å²) >= 11 is 0. The molecule has 0 fully saturated rings. The molecule has 0 spiro atoms. The van der Waals surface area contributed by atoms with Crippen molar-refractivity contribution in [2.45, 2.75) is 26.4 Å². The van der Waals surface area contributed by atoms with E-state index in [4.69, 9.17) is 9.26 Å². The average Bonchev–Trinajstić information content (AvgIpc) is 2.70. The van der Waals surface area contributed by atoms with Crippen LogP contribution in [0, 0.1) is 6.92 Å². The Morgan fingerprint density at radius 3 is 2.88 bits per heavy atom. The Morgan fingerprint density at radius 2 is 2.35 bits per heavy atom. The second kappa shape index (κ2) is 6.85. The summed E-state index contributed by atoms with van der Waals surface area (Å²) in [5, 5.41) is 10.0. The average molecular weight is 241 g/mol. The van der Waals surface area contributed by atoms with Crippen molar-refractivity contribution >= 4 is 5.96 Å². The fourth-order valence-corrected chi connectivity index (χ4v) is 1.30. The molecule has 96 valence electrons. The molecule has 1 aromatic heterocycles. The van der Waals surface area contributed by atoms with Crippen molar-refractivity contribution < 1.29 is 9.26 Å². The van der Waals surface area contributed by atoms with Crippen LogP contribution >= 0.6 is 0 Å². The highest BCUT2D eigenvalue weighted by Gasteiger charge is 2.06. The van der Waals surface area contributed by atoms with Crippen LogP contribution < -0.4 is 10.6 Å². The van der Waals surface area contributed by atoms with Crippen LogP contribution in [0.1, 0.15) is 18.6 Å². The highest BCUT2D eigenvalue weighted by molar-refractivity contribution is 5.79. The zero-order valence-electron chi connectivity index (χ0n) is 10.6. The summed E-state index contributed by atoms with van der Waals surface area (Å²) in [4.78, 5) is 8.17. The van der Waals surface area contributed by atoms with E-state index in [0.717, 1.165) is 0 Å². The summed E-state index contributed by atoms with van der Waals surface area (Å²) in [5.74, 6) is 1.83. The molecule has 0 saturated carbocycles. The second-order valence-electron chi connectivity index (χ2n) is 3.66. The minimum Gasteiger partial charge on any atom is -0.383 e. The predicted molar refractivity (Wildman–Crippen MR) is 63.7 cm³/mol. The SMILES string of the molecule is CN=C(NCc1noc(C)n1)NC(C)COC. The van der Waals surface area contributed by atoms with E-state index in [1.54, 1.807) is 21.1 Å². The van der Waals surface area contributed by atoms with Crippen molar-refractivity contribution in [1.82, 2.24) is 20.8 Å². The van der Waals surface area contributed by atoms with Crippen LogP contribution in [-0.4, -0.2) is 42.9 Å². The van der Waals surface area contributed by atoms with E-state index in [0.29, 0.717) is 30.8 Å². The number of aromatic nitrogens is 2. The molecule has 1 atom stereocenters. The van der Waals surface area contributed by atoms with Crippen molar-refractivity contribution in [2.75, 3.05) is 20.8 Å². The first-order valence-corrected chi connectivity index (χ1v) is 5.41. The third kappa shape index (κ3) is 4.81. The number of aliphatic imine (C=N–C) groups is 1. The molecule has 7 heteroatoms. The third-order valence-electron chi connectivity index (χ3n) is 2.01. The lowest BCUT2D eigenvalue weighted by molar-refractivity contribution is 0.179. The lowest BCUT2D eigenvalue weighted by atomic mass is 10.4. The van der Waals surface area contributed by atoms with Gasteiger partial charge in [-0.1, -0.05) is 5.16 Å². The Balaban J connectivity index is 2.37. The zero-order valence-corrected chi connectivity index (χ0v) is 10.6. The summed E-state index contributed by atoms with van der Waals surface area (Å²) in [7, 11) is 3.37. The number of rotatable bonds is 5. The molecule has 17 heavy (non-hydrogen) atoms. The van der Waals surface area contributed by atoms with E-state index in [9.17, 15) is 0 Å². The molecule has 0 aliphatic rings. The topological polar surface area (TPSA) is 84.6 Å². The van der Waals surface area contributed by atoms with Gasteiger partial charge in [0.25, 0.3) is 0 Å². The Hall–Kier alpha value is -1.63. The van der Waals surface area contributed by atoms with Gasteiger partial charge in [-0.2, -0.15) is 4.98 Å². The van der Waals surface area contributed by atoms with Gasteiger partial charge >= 0.3 is 0 Å². The van der Waals surface area contributed by atoms with E-state index < -0.39 is 0 Å². The van der Waals surface area contributed by atoms with Crippen molar-refractivity contribution in [2.24, 2.45) is 4.99 Å². The van der Waals surface area contributed by atoms with Crippen LogP contribution in [0.2, 0.25) is 0 Å². The van der Waals surface area contributed by atoms with Crippen molar-refractivity contribution in [1.29, 1.82) is 0 Å². The molecule has 0 aliphatic carbocycles. The van der Waals surface area contributed by atoms with E-state index in [1.165, 1.54) is 0 Å². The molecule has 2 N–H and O–H groups in total. The fraction of sp³-hybridized carbons (Fsp3) is 0.700. The predicted octanol–water partition coefficient (Wildman–Crippen LogP) is 0.0779. The fourth-order valence-electron chi connectivity index (χ4n) is 1.30. The van der Waals surface area contributed by atoms with Crippen LogP contribution in [0.25, 0.3) is 0 Å². The maximum Gasteiger partial charge on any atom is 0.223 e. The number of aryl methyl sites for hydroxylation is 1. The normalized spacial score (nSPS) is 13.5. The summed E-state index contributed by atoms with van der Waals surface area (Å²) < 4.78 is 9.90. The first-order valence-electron chi connectivity index (χ1n) is 5.41. The first-order chi connectivity index (χ1) is 8.15. The molecule has 0 amide bonds. The molecule has 1 rings (SSSR count). The van der Waals surface area contributed by atoms with E-state index in [2.05, 4.69) is 25.8 Å². The molecule has 1 unspecified atom stereocenters. The molecular weight excluding hydrogens is 222 g/mol. The Kier molecular flexibility index (Phi) is 5.41. The Labute approximate surface area is 101 Å². The lowest BCUT2D eigenvalue weighted by Gasteiger charge is -2.16. The molecular formula is C10H19N5O2. The maximum absolute atomic E-state index is 5.03. The molecule has 0 radical (unpaired) electrons. The molecule has 0 bridgehead atoms. The number of guanidine groups is 1. The molecule has 0 aliphatic heterocycles. The van der Waals surface area contributed by atoms with Gasteiger partial charge < -0.3 is 19.9 Å². The first kappa shape index (κ1) is 13.4. The van der Waals surface area contributed by atoms with Crippen LogP contribution in [0.4, 0.5) is 0 Å². The number of methoxy groups -OCH3 is 1. The van der Waals surface area contributed by atoms with Crippen molar-refractivity contribution in [3.05, 3.63) is 11.7 Å². The highest BCUT2D eigenvalue weighted by Crippen LogP contribution is 1.93. The Bertz CT molecular complexity index is 363. The lowest BCUT2D eigenvalue weighted by Crippen LogP contribution is -2.43. The van der Waals surface area contributed by atoms with E-state index in [-0.39, 0.29) is 6.04 Å². The number of hydrogen-bond donors (Lipinski definition) is 2. The van der Waals surface area contributed by atoms with E-state index >= 15 is 0 Å². The minimum absolute atomic E-state index is 0.179. The van der Waals surface area contributed by atoms with Crippen LogP contribution in [-0.2, 0) is 11.3 Å². The number of ether oxygens (including phenoxy) is 1. The molecule has 1 heterocycles. The Morgan fingerprint density at radius 1 is 1.59 bits per heavy atom. The van der Waals surface area contributed by atoms with Crippen molar-refractivity contribution in [3.8, 4) is 0 Å². The molecule has 1 aromatic rings. The highest BCUT2D eigenvalue weighted by atomic mass is 16.5. The van der Waals surface area contributed by atoms with Gasteiger partial charge in [0, 0.05) is 27.1 Å². The van der Waals surface area contributed by atoms with Crippen LogP contribution in [0.5, 0.6) is 0 Å². The summed E-state index contributed by atoms with van der Waals surface area (Å²) in [6.07, 6.45) is 0. The smallest absolute Gasteiger partial charge is 0.223 e. The van der Waals surface area contributed by atoms with Gasteiger partial charge in [-0.15, -0.1) is 0 Å². The standard InChI is InChI=1S/C10H19N5O2/c1-7(6-16-4)13-10(11-3)12-5-9-14-8(2)17-15-9/h7H,5-6H2,1-4H3,(H2,11,12,13). The molecule has 7 nitrogen and oxygen atoms in total. The third-order valence-corrected chi connectivity index (χ3v) is 2.01. The number of hydrogen-bond acceptors (Lipinski definition) is 5. The molecule has 0 aromatic carbocycles. The van der Waals surface area contributed by atoms with Gasteiger partial charge in [-0.25, -0.2) is 0 Å². The van der Waals surface area contributed by atoms with Gasteiger partial charge in [0.2, 0.25) is 5.89 Å². The van der Waals surface area contributed by atoms with Crippen LogP contribution in [0.3, 0.4) is 0 Å². The van der Waals surface area contributed by atoms with Gasteiger partial charge in [-0.3, -0.25) is 4.99 Å². The minimum atomic E-state index is 0.179. The van der Waals surface area contributed by atoms with Gasteiger partial charge in [0.1, 0.15) is 0 Å². The quantitative estimate of drug-likeness (QED) is 0.561. The van der Waals surface area contributed by atoms with Gasteiger partial charge in [-0.05, 0) is 6.92 Å². The van der Waals surface area contributed by atoms with Gasteiger partial charge in [0.05, 0.1) is 13.2 Å². The monoisotopic (exact) mass is 241 g/mol. The summed E-state index contributed by atoms with van der Waals surface area (Å²) in [5.41, 5.74) is 0. The van der Waals surface area contributed by atoms with Gasteiger partial charge in [0.15, 0.2) is 11.8 Å². The van der Waals surface area contributed by atoms with Crippen molar-refractivity contribution in [3.63, 3.8) is 0 Å². The summed E-state index contributed by atoms with van der Waals surface area (Å²) in [6.45, 7) is 4.85. The number of nitrogens with zero attached hydrogens (tertiary/aromatic N) is 3. The maximum atomic E-state index is 5.03. The number of nitrogens with one attached hydrogen (secondary N) is 2. The zero-order chi connectivity index (χ0) is 12.7. The van der Waals surface area contributed by atoms with E-state index in [1.807, 2.05) is 6.92 Å². The summed E-state index contributed by atoms with van der Waals surface area (Å²) in [6, 6.07) is 0.179. The largest absolute Gasteiger partial charge is 0.383 e. The second-order valence-corrected chi connectivity index (χ2v) is 3.66. The van der Waals surface area contributed by atoms with Crippen LogP contribution in [0.15, 0.2) is 9.52 Å². The molecule has 0 saturated heterocycles.